The summed E-state index contributed by atoms with van der Waals surface area (Å²) >= 11 is 0. The molecule has 1 fully saturated rings. The van der Waals surface area contributed by atoms with Gasteiger partial charge >= 0.3 is 0 Å². The third-order valence-electron chi connectivity index (χ3n) is 3.86. The van der Waals surface area contributed by atoms with Crippen LogP contribution in [-0.4, -0.2) is 49.6 Å². The van der Waals surface area contributed by atoms with Gasteiger partial charge < -0.3 is 15.2 Å². The summed E-state index contributed by atoms with van der Waals surface area (Å²) in [6.07, 6.45) is 1.93. The Balaban J connectivity index is 1.65. The highest BCUT2D eigenvalue weighted by atomic mass is 16.6. The van der Waals surface area contributed by atoms with Crippen molar-refractivity contribution in [1.29, 1.82) is 0 Å². The minimum Gasteiger partial charge on any atom is -0.486 e. The SMILES string of the molecule is NC1CCN(CC(=O)c2ccc3c(c2)OCCO3)CC1. The van der Waals surface area contributed by atoms with Crippen molar-refractivity contribution in [3.05, 3.63) is 23.8 Å². The van der Waals surface area contributed by atoms with Gasteiger partial charge in [-0.05, 0) is 31.0 Å². The summed E-state index contributed by atoms with van der Waals surface area (Å²) < 4.78 is 11.0. The van der Waals surface area contributed by atoms with Crippen LogP contribution in [0.3, 0.4) is 0 Å². The second kappa shape index (κ2) is 5.81. The third-order valence-corrected chi connectivity index (χ3v) is 3.86. The highest BCUT2D eigenvalue weighted by Crippen LogP contribution is 2.30. The molecule has 1 aromatic rings. The summed E-state index contributed by atoms with van der Waals surface area (Å²) in [4.78, 5) is 14.5. The molecule has 0 aromatic heterocycles. The molecule has 0 aliphatic carbocycles. The van der Waals surface area contributed by atoms with Crippen molar-refractivity contribution in [2.24, 2.45) is 5.73 Å². The standard InChI is InChI=1S/C15H20N2O3/c16-12-3-5-17(6-4-12)10-13(18)11-1-2-14-15(9-11)20-8-7-19-14/h1-2,9,12H,3-8,10,16H2. The number of carbonyl (C=O) groups excluding carboxylic acids is 1. The highest BCUT2D eigenvalue weighted by molar-refractivity contribution is 5.98. The number of Topliss-reactive ketones (excluding diaryl/α,β-unsaturated/α-hetero) is 1. The van der Waals surface area contributed by atoms with Gasteiger partial charge in [-0.2, -0.15) is 0 Å². The Morgan fingerprint density at radius 2 is 1.90 bits per heavy atom. The molecule has 2 N–H and O–H groups in total. The molecule has 0 unspecified atom stereocenters. The van der Waals surface area contributed by atoms with Gasteiger partial charge in [-0.1, -0.05) is 0 Å². The van der Waals surface area contributed by atoms with E-state index in [4.69, 9.17) is 15.2 Å². The molecule has 5 heteroatoms. The van der Waals surface area contributed by atoms with Crippen LogP contribution in [-0.2, 0) is 0 Å². The van der Waals surface area contributed by atoms with E-state index in [0.717, 1.165) is 31.7 Å². The second-order valence-corrected chi connectivity index (χ2v) is 5.40. The molecular weight excluding hydrogens is 256 g/mol. The normalized spacial score (nSPS) is 19.9. The maximum Gasteiger partial charge on any atom is 0.176 e. The Kier molecular flexibility index (Phi) is 3.89. The number of piperidine rings is 1. The predicted molar refractivity (Wildman–Crippen MR) is 75.4 cm³/mol. The van der Waals surface area contributed by atoms with Gasteiger partial charge in [0.05, 0.1) is 6.54 Å². The van der Waals surface area contributed by atoms with Crippen molar-refractivity contribution in [3.8, 4) is 11.5 Å². The third kappa shape index (κ3) is 2.94. The van der Waals surface area contributed by atoms with Gasteiger partial charge in [0.15, 0.2) is 17.3 Å². The largest absolute Gasteiger partial charge is 0.486 e. The van der Waals surface area contributed by atoms with Gasteiger partial charge in [0.25, 0.3) is 0 Å². The van der Waals surface area contributed by atoms with Crippen molar-refractivity contribution < 1.29 is 14.3 Å². The lowest BCUT2D eigenvalue weighted by Crippen LogP contribution is -2.41. The molecule has 108 valence electrons. The number of ketones is 1. The molecule has 5 nitrogen and oxygen atoms in total. The fraction of sp³-hybridized carbons (Fsp3) is 0.533. The molecule has 0 saturated carbocycles. The molecular formula is C15H20N2O3. The zero-order chi connectivity index (χ0) is 13.9. The second-order valence-electron chi connectivity index (χ2n) is 5.40. The van der Waals surface area contributed by atoms with Gasteiger partial charge in [-0.25, -0.2) is 0 Å². The molecule has 2 heterocycles. The van der Waals surface area contributed by atoms with Crippen molar-refractivity contribution in [3.63, 3.8) is 0 Å². The van der Waals surface area contributed by atoms with Gasteiger partial charge in [-0.15, -0.1) is 0 Å². The van der Waals surface area contributed by atoms with Crippen molar-refractivity contribution >= 4 is 5.78 Å². The van der Waals surface area contributed by atoms with E-state index in [2.05, 4.69) is 4.90 Å². The molecule has 2 aliphatic rings. The summed E-state index contributed by atoms with van der Waals surface area (Å²) in [6, 6.07) is 5.70. The van der Waals surface area contributed by atoms with E-state index in [0.29, 0.717) is 31.1 Å². The molecule has 3 rings (SSSR count). The first-order valence-corrected chi connectivity index (χ1v) is 7.13. The number of likely N-dealkylation sites (tertiary alicyclic amines) is 1. The number of ether oxygens (including phenoxy) is 2. The molecule has 20 heavy (non-hydrogen) atoms. The van der Waals surface area contributed by atoms with E-state index in [1.54, 1.807) is 6.07 Å². The Hall–Kier alpha value is -1.59. The van der Waals surface area contributed by atoms with Crippen LogP contribution in [0, 0.1) is 0 Å². The number of benzene rings is 1. The molecule has 0 radical (unpaired) electrons. The Bertz CT molecular complexity index is 496. The minimum absolute atomic E-state index is 0.123. The Morgan fingerprint density at radius 1 is 1.20 bits per heavy atom. The molecule has 1 saturated heterocycles. The maximum absolute atomic E-state index is 12.3. The number of carbonyl (C=O) groups is 1. The van der Waals surface area contributed by atoms with Gasteiger partial charge in [0, 0.05) is 24.7 Å². The lowest BCUT2D eigenvalue weighted by Gasteiger charge is -2.29. The molecule has 0 bridgehead atoms. The molecule has 0 spiro atoms. The van der Waals surface area contributed by atoms with Crippen LogP contribution in [0.1, 0.15) is 23.2 Å². The Morgan fingerprint density at radius 3 is 2.65 bits per heavy atom. The van der Waals surface area contributed by atoms with Crippen LogP contribution in [0.25, 0.3) is 0 Å². The van der Waals surface area contributed by atoms with E-state index < -0.39 is 0 Å². The molecule has 0 amide bonds. The van der Waals surface area contributed by atoms with E-state index >= 15 is 0 Å². The van der Waals surface area contributed by atoms with E-state index in [-0.39, 0.29) is 11.8 Å². The number of hydrogen-bond acceptors (Lipinski definition) is 5. The quantitative estimate of drug-likeness (QED) is 0.836. The van der Waals surface area contributed by atoms with Crippen LogP contribution < -0.4 is 15.2 Å². The van der Waals surface area contributed by atoms with Crippen molar-refractivity contribution in [2.75, 3.05) is 32.8 Å². The average Bonchev–Trinajstić information content (AvgIpc) is 2.49. The average molecular weight is 276 g/mol. The predicted octanol–water partition coefficient (Wildman–Crippen LogP) is 1.06. The fourth-order valence-corrected chi connectivity index (χ4v) is 2.62. The van der Waals surface area contributed by atoms with Gasteiger partial charge in [-0.3, -0.25) is 9.69 Å². The summed E-state index contributed by atoms with van der Waals surface area (Å²) in [5.74, 6) is 1.51. The van der Waals surface area contributed by atoms with Crippen LogP contribution in [0.15, 0.2) is 18.2 Å². The number of nitrogens with zero attached hydrogens (tertiary/aromatic N) is 1. The minimum atomic E-state index is 0.123. The lowest BCUT2D eigenvalue weighted by atomic mass is 10.0. The molecule has 2 aliphatic heterocycles. The topological polar surface area (TPSA) is 64.8 Å². The Labute approximate surface area is 118 Å². The van der Waals surface area contributed by atoms with Crippen LogP contribution >= 0.6 is 0 Å². The summed E-state index contributed by atoms with van der Waals surface area (Å²) in [5, 5.41) is 0. The number of nitrogens with two attached hydrogens (primary N) is 1. The first-order valence-electron chi connectivity index (χ1n) is 7.13. The lowest BCUT2D eigenvalue weighted by molar-refractivity contribution is 0.0908. The van der Waals surface area contributed by atoms with Crippen molar-refractivity contribution in [1.82, 2.24) is 4.90 Å². The number of fused-ring (bicyclic) bond motifs is 1. The van der Waals surface area contributed by atoms with Crippen LogP contribution in [0.5, 0.6) is 11.5 Å². The van der Waals surface area contributed by atoms with Crippen LogP contribution in [0.2, 0.25) is 0 Å². The number of hydrogen-bond donors (Lipinski definition) is 1. The maximum atomic E-state index is 12.3. The first kappa shape index (κ1) is 13.4. The first-order chi connectivity index (χ1) is 9.72. The molecule has 0 atom stereocenters. The molecule has 1 aromatic carbocycles. The zero-order valence-corrected chi connectivity index (χ0v) is 11.5. The van der Waals surface area contributed by atoms with E-state index in [9.17, 15) is 4.79 Å². The summed E-state index contributed by atoms with van der Waals surface area (Å²) in [7, 11) is 0. The summed E-state index contributed by atoms with van der Waals surface area (Å²) in [6.45, 7) is 3.35. The highest BCUT2D eigenvalue weighted by Gasteiger charge is 2.20. The zero-order valence-electron chi connectivity index (χ0n) is 11.5. The number of rotatable bonds is 3. The fourth-order valence-electron chi connectivity index (χ4n) is 2.62. The summed E-state index contributed by atoms with van der Waals surface area (Å²) in [5.41, 5.74) is 6.56. The van der Waals surface area contributed by atoms with E-state index in [1.807, 2.05) is 12.1 Å². The van der Waals surface area contributed by atoms with Crippen molar-refractivity contribution in [2.45, 2.75) is 18.9 Å². The van der Waals surface area contributed by atoms with Gasteiger partial charge in [0.2, 0.25) is 0 Å². The monoisotopic (exact) mass is 276 g/mol. The smallest absolute Gasteiger partial charge is 0.176 e. The van der Waals surface area contributed by atoms with Gasteiger partial charge in [0.1, 0.15) is 13.2 Å². The van der Waals surface area contributed by atoms with Crippen LogP contribution in [0.4, 0.5) is 0 Å². The van der Waals surface area contributed by atoms with E-state index in [1.165, 1.54) is 0 Å².